The second-order valence-corrected chi connectivity index (χ2v) is 6.88. The lowest BCUT2D eigenvalue weighted by atomic mass is 10.2. The van der Waals surface area contributed by atoms with E-state index in [1.165, 1.54) is 11.1 Å². The third kappa shape index (κ3) is 6.31. The molecule has 3 nitrogen and oxygen atoms in total. The third-order valence-corrected chi connectivity index (χ3v) is 4.80. The van der Waals surface area contributed by atoms with Crippen LogP contribution < -0.4 is 4.74 Å². The van der Waals surface area contributed by atoms with Crippen LogP contribution in [0.3, 0.4) is 0 Å². The maximum Gasteiger partial charge on any atom is 0.233 e. The Morgan fingerprint density at radius 3 is 2.60 bits per heavy atom. The summed E-state index contributed by atoms with van der Waals surface area (Å²) in [5, 5.41) is 0. The Balaban J connectivity index is 1.89. The zero-order valence-electron chi connectivity index (χ0n) is 14.9. The Morgan fingerprint density at radius 1 is 1.20 bits per heavy atom. The lowest BCUT2D eigenvalue weighted by Gasteiger charge is -2.21. The van der Waals surface area contributed by atoms with Gasteiger partial charge in [0.25, 0.3) is 0 Å². The second kappa shape index (κ2) is 9.94. The summed E-state index contributed by atoms with van der Waals surface area (Å²) in [7, 11) is 1.65. The minimum atomic E-state index is 0.133. The quantitative estimate of drug-likeness (QED) is 0.622. The highest BCUT2D eigenvalue weighted by atomic mass is 32.2. The van der Waals surface area contributed by atoms with E-state index in [9.17, 15) is 4.79 Å². The largest absolute Gasteiger partial charge is 0.497 e. The third-order valence-electron chi connectivity index (χ3n) is 3.81. The fourth-order valence-corrected chi connectivity index (χ4v) is 3.39. The van der Waals surface area contributed by atoms with Crippen molar-refractivity contribution < 1.29 is 9.53 Å². The van der Waals surface area contributed by atoms with E-state index in [0.717, 1.165) is 17.1 Å². The number of methoxy groups -OCH3 is 1. The Hall–Kier alpha value is -2.20. The summed E-state index contributed by atoms with van der Waals surface area (Å²) in [4.78, 5) is 14.4. The van der Waals surface area contributed by atoms with E-state index in [2.05, 4.69) is 37.8 Å². The number of thioether (sulfide) groups is 1. The Morgan fingerprint density at radius 2 is 1.96 bits per heavy atom. The van der Waals surface area contributed by atoms with Crippen LogP contribution in [0.25, 0.3) is 0 Å². The van der Waals surface area contributed by atoms with Gasteiger partial charge in [-0.15, -0.1) is 18.3 Å². The number of nitrogens with zero attached hydrogens (tertiary/aromatic N) is 1. The van der Waals surface area contributed by atoms with Crippen molar-refractivity contribution in [2.75, 3.05) is 19.4 Å². The van der Waals surface area contributed by atoms with Crippen LogP contribution >= 0.6 is 11.8 Å². The highest BCUT2D eigenvalue weighted by Gasteiger charge is 2.13. The first-order chi connectivity index (χ1) is 12.1. The van der Waals surface area contributed by atoms with E-state index in [-0.39, 0.29) is 5.91 Å². The molecule has 0 N–H and O–H groups in total. The number of aryl methyl sites for hydroxylation is 1. The molecule has 4 heteroatoms. The van der Waals surface area contributed by atoms with Gasteiger partial charge in [0.15, 0.2) is 0 Å². The van der Waals surface area contributed by atoms with E-state index in [0.29, 0.717) is 18.8 Å². The maximum absolute atomic E-state index is 12.6. The van der Waals surface area contributed by atoms with Gasteiger partial charge >= 0.3 is 0 Å². The minimum Gasteiger partial charge on any atom is -0.497 e. The molecule has 0 radical (unpaired) electrons. The normalized spacial score (nSPS) is 10.3. The Labute approximate surface area is 154 Å². The Kier molecular flexibility index (Phi) is 7.61. The molecule has 2 aromatic rings. The average Bonchev–Trinajstić information content (AvgIpc) is 2.62. The molecular formula is C21H25NO2S. The molecule has 2 aromatic carbocycles. The predicted molar refractivity (Wildman–Crippen MR) is 106 cm³/mol. The van der Waals surface area contributed by atoms with Gasteiger partial charge in [-0.1, -0.05) is 48.0 Å². The van der Waals surface area contributed by atoms with Gasteiger partial charge in [-0.25, -0.2) is 0 Å². The van der Waals surface area contributed by atoms with E-state index in [4.69, 9.17) is 4.74 Å². The SMILES string of the molecule is C=CCN(Cc1ccc(OC)cc1)C(=O)CSCc1cccc(C)c1. The van der Waals surface area contributed by atoms with E-state index in [1.54, 1.807) is 24.9 Å². The number of carbonyl (C=O) groups excluding carboxylic acids is 1. The number of benzene rings is 2. The van der Waals surface area contributed by atoms with Gasteiger partial charge in [0.2, 0.25) is 5.91 Å². The lowest BCUT2D eigenvalue weighted by molar-refractivity contribution is -0.128. The van der Waals surface area contributed by atoms with Crippen LogP contribution in [0.2, 0.25) is 0 Å². The molecule has 0 unspecified atom stereocenters. The number of amides is 1. The minimum absolute atomic E-state index is 0.133. The van der Waals surface area contributed by atoms with Gasteiger partial charge < -0.3 is 9.64 Å². The highest BCUT2D eigenvalue weighted by Crippen LogP contribution is 2.16. The van der Waals surface area contributed by atoms with Crippen LogP contribution in [0.1, 0.15) is 16.7 Å². The molecule has 0 aliphatic rings. The van der Waals surface area contributed by atoms with Crippen molar-refractivity contribution in [1.82, 2.24) is 4.90 Å². The van der Waals surface area contributed by atoms with Gasteiger partial charge in [-0.05, 0) is 30.2 Å². The second-order valence-electron chi connectivity index (χ2n) is 5.89. The molecule has 1 amide bonds. The summed E-state index contributed by atoms with van der Waals surface area (Å²) in [6, 6.07) is 16.2. The van der Waals surface area contributed by atoms with E-state index < -0.39 is 0 Å². The maximum atomic E-state index is 12.6. The van der Waals surface area contributed by atoms with Crippen molar-refractivity contribution in [3.63, 3.8) is 0 Å². The first-order valence-corrected chi connectivity index (χ1v) is 9.42. The molecule has 25 heavy (non-hydrogen) atoms. The van der Waals surface area contributed by atoms with Crippen molar-refractivity contribution in [2.45, 2.75) is 19.2 Å². The molecular weight excluding hydrogens is 330 g/mol. The first kappa shape index (κ1) is 19.1. The van der Waals surface area contributed by atoms with Crippen molar-refractivity contribution in [3.05, 3.63) is 77.9 Å². The molecule has 0 aliphatic carbocycles. The van der Waals surface area contributed by atoms with Gasteiger partial charge in [0, 0.05) is 18.8 Å². The summed E-state index contributed by atoms with van der Waals surface area (Å²) in [5.74, 6) is 2.27. The number of ether oxygens (including phenoxy) is 1. The summed E-state index contributed by atoms with van der Waals surface area (Å²) >= 11 is 1.65. The average molecular weight is 356 g/mol. The molecule has 0 bridgehead atoms. The summed E-state index contributed by atoms with van der Waals surface area (Å²) in [6.45, 7) is 6.99. The topological polar surface area (TPSA) is 29.5 Å². The summed E-state index contributed by atoms with van der Waals surface area (Å²) in [6.07, 6.45) is 1.77. The van der Waals surface area contributed by atoms with Crippen LogP contribution in [-0.4, -0.2) is 30.2 Å². The van der Waals surface area contributed by atoms with Crippen LogP contribution in [0.15, 0.2) is 61.2 Å². The molecule has 0 saturated heterocycles. The van der Waals surface area contributed by atoms with Crippen LogP contribution in [-0.2, 0) is 17.1 Å². The van der Waals surface area contributed by atoms with Crippen molar-refractivity contribution in [2.24, 2.45) is 0 Å². The van der Waals surface area contributed by atoms with Crippen LogP contribution in [0, 0.1) is 6.92 Å². The standard InChI is InChI=1S/C21H25NO2S/c1-4-12-22(14-18-8-10-20(24-3)11-9-18)21(23)16-25-15-19-7-5-6-17(2)13-19/h4-11,13H,1,12,14-16H2,2-3H3. The summed E-state index contributed by atoms with van der Waals surface area (Å²) < 4.78 is 5.17. The van der Waals surface area contributed by atoms with E-state index >= 15 is 0 Å². The zero-order valence-corrected chi connectivity index (χ0v) is 15.7. The van der Waals surface area contributed by atoms with Gasteiger partial charge in [0.1, 0.15) is 5.75 Å². The number of rotatable bonds is 9. The molecule has 0 spiro atoms. The molecule has 0 fully saturated rings. The summed E-state index contributed by atoms with van der Waals surface area (Å²) in [5.41, 5.74) is 3.58. The van der Waals surface area contributed by atoms with Crippen LogP contribution in [0.5, 0.6) is 5.75 Å². The Bertz CT molecular complexity index is 697. The van der Waals surface area contributed by atoms with Crippen molar-refractivity contribution in [3.8, 4) is 5.75 Å². The van der Waals surface area contributed by atoms with Gasteiger partial charge in [-0.2, -0.15) is 0 Å². The molecule has 0 heterocycles. The smallest absolute Gasteiger partial charge is 0.233 e. The van der Waals surface area contributed by atoms with E-state index in [1.807, 2.05) is 29.2 Å². The number of hydrogen-bond donors (Lipinski definition) is 0. The predicted octanol–water partition coefficient (Wildman–Crippen LogP) is 4.45. The fourth-order valence-electron chi connectivity index (χ4n) is 2.51. The van der Waals surface area contributed by atoms with Crippen LogP contribution in [0.4, 0.5) is 0 Å². The molecule has 0 aliphatic heterocycles. The molecule has 0 aromatic heterocycles. The van der Waals surface area contributed by atoms with Crippen molar-refractivity contribution >= 4 is 17.7 Å². The highest BCUT2D eigenvalue weighted by molar-refractivity contribution is 7.99. The fraction of sp³-hybridized carbons (Fsp3) is 0.286. The number of hydrogen-bond acceptors (Lipinski definition) is 3. The van der Waals surface area contributed by atoms with Crippen molar-refractivity contribution in [1.29, 1.82) is 0 Å². The van der Waals surface area contributed by atoms with Gasteiger partial charge in [-0.3, -0.25) is 4.79 Å². The lowest BCUT2D eigenvalue weighted by Crippen LogP contribution is -2.32. The van der Waals surface area contributed by atoms with Gasteiger partial charge in [0.05, 0.1) is 12.9 Å². The first-order valence-electron chi connectivity index (χ1n) is 8.27. The zero-order chi connectivity index (χ0) is 18.1. The molecule has 0 atom stereocenters. The molecule has 0 saturated carbocycles. The monoisotopic (exact) mass is 355 g/mol. The molecule has 132 valence electrons. The molecule has 2 rings (SSSR count). The number of carbonyl (C=O) groups is 1.